The molecule has 0 heterocycles. The zero-order chi connectivity index (χ0) is 12.3. The van der Waals surface area contributed by atoms with Gasteiger partial charge >= 0.3 is 0 Å². The van der Waals surface area contributed by atoms with Crippen LogP contribution in [0.4, 0.5) is 4.39 Å². The van der Waals surface area contributed by atoms with E-state index in [4.69, 9.17) is 17.3 Å². The molecule has 88 valence electrons. The second kappa shape index (κ2) is 5.54. The van der Waals surface area contributed by atoms with Crippen LogP contribution in [0.2, 0.25) is 5.02 Å². The van der Waals surface area contributed by atoms with Crippen LogP contribution in [0.25, 0.3) is 0 Å². The Morgan fingerprint density at radius 1 is 1.12 bits per heavy atom. The molecule has 2 N–H and O–H groups in total. The van der Waals surface area contributed by atoms with Gasteiger partial charge in [-0.1, -0.05) is 29.4 Å². The van der Waals surface area contributed by atoms with Crippen molar-refractivity contribution in [3.05, 3.63) is 58.9 Å². The molecule has 0 radical (unpaired) electrons. The molecule has 0 aromatic heterocycles. The number of rotatable bonds is 3. The largest absolute Gasteiger partial charge is 0.326 e. The van der Waals surface area contributed by atoms with Crippen molar-refractivity contribution in [2.75, 3.05) is 0 Å². The van der Waals surface area contributed by atoms with Gasteiger partial charge in [0.05, 0.1) is 0 Å². The van der Waals surface area contributed by atoms with Gasteiger partial charge in [0.25, 0.3) is 0 Å². The Hall–Kier alpha value is -1.03. The Morgan fingerprint density at radius 3 is 2.41 bits per heavy atom. The second-order valence-corrected chi connectivity index (χ2v) is 5.08. The van der Waals surface area contributed by atoms with Gasteiger partial charge in [0.15, 0.2) is 0 Å². The van der Waals surface area contributed by atoms with Crippen molar-refractivity contribution in [3.63, 3.8) is 0 Å². The standard InChI is InChI=1S/C13H11ClFNS/c14-10-2-4-11(5-3-10)17-13-6-1-9(8-16)7-12(13)15/h1-7H,8,16H2. The highest BCUT2D eigenvalue weighted by Gasteiger charge is 2.05. The second-order valence-electron chi connectivity index (χ2n) is 3.52. The van der Waals surface area contributed by atoms with Crippen LogP contribution in [-0.4, -0.2) is 0 Å². The van der Waals surface area contributed by atoms with E-state index in [-0.39, 0.29) is 5.82 Å². The third kappa shape index (κ3) is 3.22. The van der Waals surface area contributed by atoms with E-state index in [0.717, 1.165) is 10.5 Å². The average molecular weight is 268 g/mol. The maximum atomic E-state index is 13.7. The Labute approximate surface area is 109 Å². The lowest BCUT2D eigenvalue weighted by Gasteiger charge is -2.05. The van der Waals surface area contributed by atoms with Gasteiger partial charge in [-0.15, -0.1) is 0 Å². The van der Waals surface area contributed by atoms with E-state index in [1.165, 1.54) is 17.8 Å². The lowest BCUT2D eigenvalue weighted by atomic mass is 10.2. The summed E-state index contributed by atoms with van der Waals surface area (Å²) in [7, 11) is 0. The van der Waals surface area contributed by atoms with Crippen molar-refractivity contribution < 1.29 is 4.39 Å². The third-order valence-corrected chi connectivity index (χ3v) is 3.58. The molecule has 17 heavy (non-hydrogen) atoms. The lowest BCUT2D eigenvalue weighted by Crippen LogP contribution is -1.96. The molecule has 0 saturated carbocycles. The first-order valence-electron chi connectivity index (χ1n) is 5.11. The highest BCUT2D eigenvalue weighted by atomic mass is 35.5. The Kier molecular flexibility index (Phi) is 4.05. The van der Waals surface area contributed by atoms with Gasteiger partial charge < -0.3 is 5.73 Å². The summed E-state index contributed by atoms with van der Waals surface area (Å²) >= 11 is 7.16. The molecule has 2 aromatic rings. The topological polar surface area (TPSA) is 26.0 Å². The molecule has 0 atom stereocenters. The van der Waals surface area contributed by atoms with Crippen LogP contribution in [0.5, 0.6) is 0 Å². The molecule has 0 spiro atoms. The molecule has 0 fully saturated rings. The van der Waals surface area contributed by atoms with Gasteiger partial charge in [-0.05, 0) is 42.0 Å². The molecule has 1 nitrogen and oxygen atoms in total. The smallest absolute Gasteiger partial charge is 0.137 e. The van der Waals surface area contributed by atoms with E-state index in [0.29, 0.717) is 16.5 Å². The quantitative estimate of drug-likeness (QED) is 0.906. The zero-order valence-electron chi connectivity index (χ0n) is 8.99. The normalized spacial score (nSPS) is 10.5. The van der Waals surface area contributed by atoms with Crippen LogP contribution in [0.15, 0.2) is 52.3 Å². The number of nitrogens with two attached hydrogens (primary N) is 1. The Morgan fingerprint density at radius 2 is 1.82 bits per heavy atom. The maximum Gasteiger partial charge on any atom is 0.137 e. The number of halogens is 2. The molecule has 2 rings (SSSR count). The van der Waals surface area contributed by atoms with Gasteiger partial charge in [0.1, 0.15) is 5.82 Å². The highest BCUT2D eigenvalue weighted by molar-refractivity contribution is 7.99. The summed E-state index contributed by atoms with van der Waals surface area (Å²) < 4.78 is 13.7. The van der Waals surface area contributed by atoms with Crippen molar-refractivity contribution in [1.29, 1.82) is 0 Å². The number of hydrogen-bond acceptors (Lipinski definition) is 2. The minimum absolute atomic E-state index is 0.243. The summed E-state index contributed by atoms with van der Waals surface area (Å²) in [5.74, 6) is -0.243. The first-order valence-corrected chi connectivity index (χ1v) is 6.30. The van der Waals surface area contributed by atoms with E-state index in [1.54, 1.807) is 18.2 Å². The summed E-state index contributed by atoms with van der Waals surface area (Å²) in [4.78, 5) is 1.54. The minimum Gasteiger partial charge on any atom is -0.326 e. The highest BCUT2D eigenvalue weighted by Crippen LogP contribution is 2.30. The SMILES string of the molecule is NCc1ccc(Sc2ccc(Cl)cc2)c(F)c1. The minimum atomic E-state index is -0.243. The average Bonchev–Trinajstić information content (AvgIpc) is 2.34. The summed E-state index contributed by atoms with van der Waals surface area (Å²) in [6, 6.07) is 12.4. The van der Waals surface area contributed by atoms with Crippen LogP contribution in [0, 0.1) is 5.82 Å². The number of hydrogen-bond donors (Lipinski definition) is 1. The molecule has 2 aromatic carbocycles. The zero-order valence-corrected chi connectivity index (χ0v) is 10.6. The fourth-order valence-corrected chi connectivity index (χ4v) is 2.33. The van der Waals surface area contributed by atoms with Crippen LogP contribution in [-0.2, 0) is 6.54 Å². The molecule has 0 aliphatic heterocycles. The van der Waals surface area contributed by atoms with Gasteiger partial charge in [0, 0.05) is 21.4 Å². The summed E-state index contributed by atoms with van der Waals surface area (Å²) in [5.41, 5.74) is 6.24. The molecular formula is C13H11ClFNS. The molecule has 4 heteroatoms. The van der Waals surface area contributed by atoms with Crippen molar-refractivity contribution in [2.45, 2.75) is 16.3 Å². The van der Waals surface area contributed by atoms with Crippen LogP contribution in [0.3, 0.4) is 0 Å². The van der Waals surface area contributed by atoms with Crippen molar-refractivity contribution in [3.8, 4) is 0 Å². The molecular weight excluding hydrogens is 257 g/mol. The molecule has 0 aliphatic carbocycles. The first-order chi connectivity index (χ1) is 8.19. The van der Waals surface area contributed by atoms with E-state index >= 15 is 0 Å². The van der Waals surface area contributed by atoms with Gasteiger partial charge in [-0.2, -0.15) is 0 Å². The fraction of sp³-hybridized carbons (Fsp3) is 0.0769. The fourth-order valence-electron chi connectivity index (χ4n) is 1.38. The van der Waals surface area contributed by atoms with Crippen LogP contribution < -0.4 is 5.73 Å². The summed E-state index contributed by atoms with van der Waals surface area (Å²) in [5, 5.41) is 0.674. The Balaban J connectivity index is 2.21. The van der Waals surface area contributed by atoms with E-state index in [2.05, 4.69) is 0 Å². The van der Waals surface area contributed by atoms with E-state index in [9.17, 15) is 4.39 Å². The van der Waals surface area contributed by atoms with Crippen LogP contribution in [0.1, 0.15) is 5.56 Å². The first kappa shape index (κ1) is 12.4. The van der Waals surface area contributed by atoms with E-state index in [1.807, 2.05) is 18.2 Å². The molecule has 0 aliphatic rings. The van der Waals surface area contributed by atoms with Crippen molar-refractivity contribution >= 4 is 23.4 Å². The predicted molar refractivity (Wildman–Crippen MR) is 69.9 cm³/mol. The summed E-state index contributed by atoms with van der Waals surface area (Å²) in [6.07, 6.45) is 0. The van der Waals surface area contributed by atoms with Crippen molar-refractivity contribution in [1.82, 2.24) is 0 Å². The molecule has 0 amide bonds. The number of benzene rings is 2. The van der Waals surface area contributed by atoms with E-state index < -0.39 is 0 Å². The predicted octanol–water partition coefficient (Wildman–Crippen LogP) is 4.09. The molecule has 0 unspecified atom stereocenters. The summed E-state index contributed by atoms with van der Waals surface area (Å²) in [6.45, 7) is 0.350. The van der Waals surface area contributed by atoms with Gasteiger partial charge in [-0.3, -0.25) is 0 Å². The molecule has 0 bridgehead atoms. The lowest BCUT2D eigenvalue weighted by molar-refractivity contribution is 0.599. The monoisotopic (exact) mass is 267 g/mol. The Bertz CT molecular complexity index is 513. The molecule has 0 saturated heterocycles. The van der Waals surface area contributed by atoms with Crippen molar-refractivity contribution in [2.24, 2.45) is 5.73 Å². The maximum absolute atomic E-state index is 13.7. The van der Waals surface area contributed by atoms with Crippen LogP contribution >= 0.6 is 23.4 Å². The van der Waals surface area contributed by atoms with Gasteiger partial charge in [-0.25, -0.2) is 4.39 Å². The third-order valence-electron chi connectivity index (χ3n) is 2.27. The van der Waals surface area contributed by atoms with Gasteiger partial charge in [0.2, 0.25) is 0 Å².